The van der Waals surface area contributed by atoms with E-state index in [0.717, 1.165) is 25.1 Å². The van der Waals surface area contributed by atoms with Crippen LogP contribution in [0.5, 0.6) is 0 Å². The molecule has 1 rings (SSSR count). The molecule has 4 heteroatoms. The Morgan fingerprint density at radius 3 is 2.80 bits per heavy atom. The lowest BCUT2D eigenvalue weighted by Crippen LogP contribution is -2.16. The second kappa shape index (κ2) is 6.13. The summed E-state index contributed by atoms with van der Waals surface area (Å²) in [4.78, 5) is 0. The van der Waals surface area contributed by atoms with E-state index in [9.17, 15) is 0 Å². The molecule has 1 heterocycles. The third-order valence-electron chi connectivity index (χ3n) is 2.60. The van der Waals surface area contributed by atoms with E-state index in [2.05, 4.69) is 12.0 Å². The molecule has 0 radical (unpaired) electrons. The lowest BCUT2D eigenvalue weighted by Gasteiger charge is -2.13. The fourth-order valence-electron chi connectivity index (χ4n) is 1.74. The summed E-state index contributed by atoms with van der Waals surface area (Å²) in [6.07, 6.45) is 6.27. The molecular weight excluding hydrogens is 210 g/mol. The van der Waals surface area contributed by atoms with Crippen LogP contribution in [0.1, 0.15) is 51.3 Å². The van der Waals surface area contributed by atoms with Gasteiger partial charge >= 0.3 is 0 Å². The molecule has 1 atom stereocenters. The number of aryl methyl sites for hydroxylation is 1. The minimum absolute atomic E-state index is 0.0199. The van der Waals surface area contributed by atoms with Crippen LogP contribution in [0.2, 0.25) is 5.02 Å². The normalized spacial score (nSPS) is 13.1. The molecule has 3 nitrogen and oxygen atoms in total. The number of nitrogens with zero attached hydrogens (tertiary/aromatic N) is 2. The van der Waals surface area contributed by atoms with E-state index in [-0.39, 0.29) is 6.04 Å². The fraction of sp³-hybridized carbons (Fsp3) is 0.727. The molecule has 0 amide bonds. The maximum atomic E-state index is 6.11. The lowest BCUT2D eigenvalue weighted by molar-refractivity contribution is 0.522. The zero-order valence-electron chi connectivity index (χ0n) is 9.54. The highest BCUT2D eigenvalue weighted by molar-refractivity contribution is 6.31. The van der Waals surface area contributed by atoms with Crippen LogP contribution in [-0.4, -0.2) is 9.78 Å². The van der Waals surface area contributed by atoms with Crippen molar-refractivity contribution in [2.24, 2.45) is 5.73 Å². The van der Waals surface area contributed by atoms with Gasteiger partial charge in [0.2, 0.25) is 0 Å². The van der Waals surface area contributed by atoms with Crippen molar-refractivity contribution in [2.45, 2.75) is 52.1 Å². The predicted molar refractivity (Wildman–Crippen MR) is 64.0 cm³/mol. The highest BCUT2D eigenvalue weighted by Gasteiger charge is 2.15. The van der Waals surface area contributed by atoms with Crippen molar-refractivity contribution in [3.05, 3.63) is 16.9 Å². The second-order valence-corrected chi connectivity index (χ2v) is 4.20. The summed E-state index contributed by atoms with van der Waals surface area (Å²) in [5.74, 6) is 0. The molecule has 0 aliphatic rings. The molecule has 1 unspecified atom stereocenters. The van der Waals surface area contributed by atoms with Gasteiger partial charge in [-0.1, -0.05) is 37.8 Å². The first-order chi connectivity index (χ1) is 7.20. The van der Waals surface area contributed by atoms with Gasteiger partial charge in [-0.3, -0.25) is 4.68 Å². The molecule has 86 valence electrons. The van der Waals surface area contributed by atoms with Gasteiger partial charge in [0.15, 0.2) is 0 Å². The molecule has 0 spiro atoms. The summed E-state index contributed by atoms with van der Waals surface area (Å²) in [7, 11) is 0. The number of unbranched alkanes of at least 4 members (excludes halogenated alkanes) is 2. The molecule has 1 aromatic heterocycles. The standard InChI is InChI=1S/C11H20ClN3/c1-3-5-6-7-10(13)11-9(12)8-14-15(11)4-2/h8,10H,3-7,13H2,1-2H3. The van der Waals surface area contributed by atoms with Gasteiger partial charge in [-0.15, -0.1) is 0 Å². The monoisotopic (exact) mass is 229 g/mol. The summed E-state index contributed by atoms with van der Waals surface area (Å²) in [6.45, 7) is 5.06. The number of rotatable bonds is 6. The summed E-state index contributed by atoms with van der Waals surface area (Å²) >= 11 is 6.07. The number of aromatic nitrogens is 2. The minimum Gasteiger partial charge on any atom is -0.323 e. The van der Waals surface area contributed by atoms with E-state index < -0.39 is 0 Å². The lowest BCUT2D eigenvalue weighted by atomic mass is 10.1. The van der Waals surface area contributed by atoms with Gasteiger partial charge in [-0.2, -0.15) is 5.10 Å². The van der Waals surface area contributed by atoms with E-state index >= 15 is 0 Å². The molecule has 0 aliphatic heterocycles. The van der Waals surface area contributed by atoms with Crippen LogP contribution in [0, 0.1) is 0 Å². The third-order valence-corrected chi connectivity index (χ3v) is 2.89. The molecular formula is C11H20ClN3. The smallest absolute Gasteiger partial charge is 0.0834 e. The first-order valence-corrected chi connectivity index (χ1v) is 6.05. The molecule has 0 aliphatic carbocycles. The molecule has 0 saturated heterocycles. The molecule has 15 heavy (non-hydrogen) atoms. The Hall–Kier alpha value is -0.540. The average Bonchev–Trinajstić information content (AvgIpc) is 2.59. The topological polar surface area (TPSA) is 43.8 Å². The number of hydrogen-bond acceptors (Lipinski definition) is 2. The van der Waals surface area contributed by atoms with E-state index in [4.69, 9.17) is 17.3 Å². The van der Waals surface area contributed by atoms with Crippen molar-refractivity contribution >= 4 is 11.6 Å². The van der Waals surface area contributed by atoms with E-state index in [1.54, 1.807) is 6.20 Å². The number of halogens is 1. The number of hydrogen-bond donors (Lipinski definition) is 1. The Kier molecular flexibility index (Phi) is 5.12. The first-order valence-electron chi connectivity index (χ1n) is 5.67. The van der Waals surface area contributed by atoms with Gasteiger partial charge in [0.1, 0.15) is 0 Å². The van der Waals surface area contributed by atoms with Crippen LogP contribution in [0.15, 0.2) is 6.20 Å². The Morgan fingerprint density at radius 1 is 1.47 bits per heavy atom. The quantitative estimate of drug-likeness (QED) is 0.762. The molecule has 1 aromatic rings. The van der Waals surface area contributed by atoms with Crippen molar-refractivity contribution in [1.82, 2.24) is 9.78 Å². The van der Waals surface area contributed by atoms with Crippen LogP contribution in [0.25, 0.3) is 0 Å². The summed E-state index contributed by atoms with van der Waals surface area (Å²) in [5.41, 5.74) is 7.09. The zero-order valence-corrected chi connectivity index (χ0v) is 10.3. The Labute approximate surface area is 96.6 Å². The molecule has 0 saturated carbocycles. The van der Waals surface area contributed by atoms with Crippen LogP contribution in [0.4, 0.5) is 0 Å². The van der Waals surface area contributed by atoms with Crippen LogP contribution >= 0.6 is 11.6 Å². The van der Waals surface area contributed by atoms with Crippen LogP contribution in [-0.2, 0) is 6.54 Å². The second-order valence-electron chi connectivity index (χ2n) is 3.80. The molecule has 2 N–H and O–H groups in total. The predicted octanol–water partition coefficient (Wildman–Crippen LogP) is 3.14. The molecule has 0 bridgehead atoms. The van der Waals surface area contributed by atoms with Crippen LogP contribution < -0.4 is 5.73 Å². The van der Waals surface area contributed by atoms with Crippen molar-refractivity contribution in [1.29, 1.82) is 0 Å². The van der Waals surface area contributed by atoms with Crippen molar-refractivity contribution in [2.75, 3.05) is 0 Å². The summed E-state index contributed by atoms with van der Waals surface area (Å²) < 4.78 is 1.89. The van der Waals surface area contributed by atoms with E-state index in [0.29, 0.717) is 5.02 Å². The highest BCUT2D eigenvalue weighted by atomic mass is 35.5. The SMILES string of the molecule is CCCCCC(N)c1c(Cl)cnn1CC. The van der Waals surface area contributed by atoms with Crippen molar-refractivity contribution < 1.29 is 0 Å². The third kappa shape index (κ3) is 3.21. The Morgan fingerprint density at radius 2 is 2.20 bits per heavy atom. The van der Waals surface area contributed by atoms with E-state index in [1.807, 2.05) is 11.6 Å². The molecule has 0 fully saturated rings. The summed E-state index contributed by atoms with van der Waals surface area (Å²) in [6, 6.07) is 0.0199. The highest BCUT2D eigenvalue weighted by Crippen LogP contribution is 2.24. The van der Waals surface area contributed by atoms with Crippen molar-refractivity contribution in [3.63, 3.8) is 0 Å². The Balaban J connectivity index is 2.63. The van der Waals surface area contributed by atoms with Gasteiger partial charge < -0.3 is 5.73 Å². The first kappa shape index (κ1) is 12.5. The van der Waals surface area contributed by atoms with Crippen LogP contribution in [0.3, 0.4) is 0 Å². The molecule has 0 aromatic carbocycles. The zero-order chi connectivity index (χ0) is 11.3. The van der Waals surface area contributed by atoms with Gasteiger partial charge in [0.25, 0.3) is 0 Å². The van der Waals surface area contributed by atoms with Gasteiger partial charge in [0, 0.05) is 12.6 Å². The van der Waals surface area contributed by atoms with Gasteiger partial charge in [-0.05, 0) is 13.3 Å². The number of nitrogens with two attached hydrogens (primary N) is 1. The average molecular weight is 230 g/mol. The van der Waals surface area contributed by atoms with E-state index in [1.165, 1.54) is 12.8 Å². The van der Waals surface area contributed by atoms with Gasteiger partial charge in [-0.25, -0.2) is 0 Å². The largest absolute Gasteiger partial charge is 0.323 e. The maximum Gasteiger partial charge on any atom is 0.0834 e. The summed E-state index contributed by atoms with van der Waals surface area (Å²) in [5, 5.41) is 4.88. The van der Waals surface area contributed by atoms with Crippen molar-refractivity contribution in [3.8, 4) is 0 Å². The Bertz CT molecular complexity index is 296. The van der Waals surface area contributed by atoms with Gasteiger partial charge in [0.05, 0.1) is 16.9 Å². The maximum absolute atomic E-state index is 6.11. The minimum atomic E-state index is 0.0199. The fourth-order valence-corrected chi connectivity index (χ4v) is 2.02.